The molecule has 2 nitrogen and oxygen atoms in total. The number of rotatable bonds is 1. The number of nitrogens with zero attached hydrogens (tertiary/aromatic N) is 1. The van der Waals surface area contributed by atoms with Crippen LogP contribution in [0.3, 0.4) is 0 Å². The highest BCUT2D eigenvalue weighted by molar-refractivity contribution is 9.10. The fourth-order valence-electron chi connectivity index (χ4n) is 1.15. The number of aryl methyl sites for hydroxylation is 1. The first-order valence-electron chi connectivity index (χ1n) is 4.19. The average molecular weight is 251 g/mol. The molecule has 0 aliphatic carbocycles. The van der Waals surface area contributed by atoms with Crippen molar-refractivity contribution in [2.24, 2.45) is 5.73 Å². The Labute approximate surface area is 92.2 Å². The van der Waals surface area contributed by atoms with E-state index in [0.717, 1.165) is 15.6 Å². The molecule has 0 aliphatic rings. The van der Waals surface area contributed by atoms with Crippen LogP contribution in [0, 0.1) is 18.3 Å². The molecule has 0 fully saturated rings. The van der Waals surface area contributed by atoms with Crippen molar-refractivity contribution in [1.29, 1.82) is 5.26 Å². The molecule has 0 atom stereocenters. The van der Waals surface area contributed by atoms with Gasteiger partial charge in [-0.05, 0) is 31.5 Å². The lowest BCUT2D eigenvalue weighted by atomic mass is 10.0. The Morgan fingerprint density at radius 1 is 1.50 bits per heavy atom. The Kier molecular flexibility index (Phi) is 3.32. The van der Waals surface area contributed by atoms with Crippen molar-refractivity contribution >= 4 is 21.6 Å². The van der Waals surface area contributed by atoms with Gasteiger partial charge in [0.2, 0.25) is 0 Å². The zero-order valence-corrected chi connectivity index (χ0v) is 9.72. The summed E-state index contributed by atoms with van der Waals surface area (Å²) in [7, 11) is 0. The van der Waals surface area contributed by atoms with Crippen LogP contribution in [0.25, 0.3) is 5.70 Å². The molecule has 2 N–H and O–H groups in total. The molecule has 72 valence electrons. The minimum Gasteiger partial charge on any atom is -0.397 e. The van der Waals surface area contributed by atoms with Gasteiger partial charge in [-0.1, -0.05) is 22.0 Å². The third-order valence-corrected chi connectivity index (χ3v) is 2.55. The molecule has 0 saturated heterocycles. The minimum atomic E-state index is 0.547. The van der Waals surface area contributed by atoms with Gasteiger partial charge in [-0.2, -0.15) is 5.26 Å². The summed E-state index contributed by atoms with van der Waals surface area (Å²) in [6.45, 7) is 3.69. The lowest BCUT2D eigenvalue weighted by molar-refractivity contribution is 1.34. The number of hydrogen-bond acceptors (Lipinski definition) is 2. The Hall–Kier alpha value is -1.27. The lowest BCUT2D eigenvalue weighted by Gasteiger charge is -2.07. The van der Waals surface area contributed by atoms with E-state index in [-0.39, 0.29) is 0 Å². The Bertz CT molecular complexity index is 427. The van der Waals surface area contributed by atoms with Gasteiger partial charge in [0, 0.05) is 15.6 Å². The predicted molar refractivity (Wildman–Crippen MR) is 61.3 cm³/mol. The zero-order valence-electron chi connectivity index (χ0n) is 8.13. The van der Waals surface area contributed by atoms with Gasteiger partial charge in [-0.15, -0.1) is 0 Å². The fourth-order valence-corrected chi connectivity index (χ4v) is 1.51. The standard InChI is InChI=1S/C11H11BrN2/c1-7-3-4-9(12)5-10(7)11(14)8(2)6-13/h3-5H,14H2,1-2H3/b11-8-. The van der Waals surface area contributed by atoms with Crippen molar-refractivity contribution < 1.29 is 0 Å². The summed E-state index contributed by atoms with van der Waals surface area (Å²) in [5.74, 6) is 0. The van der Waals surface area contributed by atoms with Crippen LogP contribution in [0.4, 0.5) is 0 Å². The molecule has 0 aliphatic heterocycles. The Balaban J connectivity index is 3.34. The monoisotopic (exact) mass is 250 g/mol. The molecule has 0 amide bonds. The summed E-state index contributed by atoms with van der Waals surface area (Å²) in [6, 6.07) is 7.89. The Morgan fingerprint density at radius 3 is 2.71 bits per heavy atom. The summed E-state index contributed by atoms with van der Waals surface area (Å²) in [5.41, 5.74) is 8.93. The summed E-state index contributed by atoms with van der Waals surface area (Å²) in [4.78, 5) is 0. The number of allylic oxidation sites excluding steroid dienone is 1. The second kappa shape index (κ2) is 4.30. The molecular formula is C11H11BrN2. The molecule has 0 bridgehead atoms. The number of nitrogens with two attached hydrogens (primary N) is 1. The molecule has 1 aromatic rings. The van der Waals surface area contributed by atoms with Crippen LogP contribution >= 0.6 is 15.9 Å². The van der Waals surface area contributed by atoms with Crippen molar-refractivity contribution in [2.75, 3.05) is 0 Å². The van der Waals surface area contributed by atoms with E-state index in [1.807, 2.05) is 31.2 Å². The highest BCUT2D eigenvalue weighted by atomic mass is 79.9. The van der Waals surface area contributed by atoms with Gasteiger partial charge in [-0.3, -0.25) is 0 Å². The SMILES string of the molecule is C/C(C#N)=C(/N)c1cc(Br)ccc1C. The second-order valence-corrected chi connectivity index (χ2v) is 4.03. The van der Waals surface area contributed by atoms with Crippen LogP contribution in [-0.4, -0.2) is 0 Å². The molecule has 3 heteroatoms. The summed E-state index contributed by atoms with van der Waals surface area (Å²) < 4.78 is 0.965. The van der Waals surface area contributed by atoms with Gasteiger partial charge in [0.25, 0.3) is 0 Å². The van der Waals surface area contributed by atoms with Crippen molar-refractivity contribution in [3.05, 3.63) is 39.4 Å². The van der Waals surface area contributed by atoms with E-state index in [1.54, 1.807) is 6.92 Å². The summed E-state index contributed by atoms with van der Waals surface area (Å²) in [6.07, 6.45) is 0. The largest absolute Gasteiger partial charge is 0.397 e. The molecule has 1 aromatic carbocycles. The van der Waals surface area contributed by atoms with Gasteiger partial charge in [-0.25, -0.2) is 0 Å². The van der Waals surface area contributed by atoms with Crippen molar-refractivity contribution in [1.82, 2.24) is 0 Å². The highest BCUT2D eigenvalue weighted by Crippen LogP contribution is 2.21. The molecule has 14 heavy (non-hydrogen) atoms. The molecule has 0 saturated carbocycles. The Morgan fingerprint density at radius 2 is 2.14 bits per heavy atom. The quantitative estimate of drug-likeness (QED) is 0.780. The van der Waals surface area contributed by atoms with Crippen molar-refractivity contribution in [3.63, 3.8) is 0 Å². The average Bonchev–Trinajstić information content (AvgIpc) is 2.19. The maximum absolute atomic E-state index is 8.73. The van der Waals surface area contributed by atoms with E-state index in [2.05, 4.69) is 15.9 Å². The number of nitriles is 1. The number of benzene rings is 1. The van der Waals surface area contributed by atoms with Crippen LogP contribution in [0.15, 0.2) is 28.2 Å². The first-order chi connectivity index (χ1) is 6.56. The molecule has 1 rings (SSSR count). The molecule has 0 unspecified atom stereocenters. The van der Waals surface area contributed by atoms with Crippen molar-refractivity contribution in [2.45, 2.75) is 13.8 Å². The van der Waals surface area contributed by atoms with E-state index in [9.17, 15) is 0 Å². The summed E-state index contributed by atoms with van der Waals surface area (Å²) >= 11 is 3.37. The molecule has 0 aromatic heterocycles. The smallest absolute Gasteiger partial charge is 0.0965 e. The van der Waals surface area contributed by atoms with E-state index in [0.29, 0.717) is 11.3 Å². The number of halogens is 1. The van der Waals surface area contributed by atoms with Crippen molar-refractivity contribution in [3.8, 4) is 6.07 Å². The van der Waals surface area contributed by atoms with Gasteiger partial charge < -0.3 is 5.73 Å². The van der Waals surface area contributed by atoms with Crippen LogP contribution < -0.4 is 5.73 Å². The van der Waals surface area contributed by atoms with Gasteiger partial charge >= 0.3 is 0 Å². The predicted octanol–water partition coefficient (Wildman–Crippen LogP) is 2.97. The first-order valence-corrected chi connectivity index (χ1v) is 4.98. The molecule has 0 heterocycles. The molecule has 0 radical (unpaired) electrons. The van der Waals surface area contributed by atoms with Gasteiger partial charge in [0.05, 0.1) is 11.8 Å². The van der Waals surface area contributed by atoms with Gasteiger partial charge in [0.15, 0.2) is 0 Å². The lowest BCUT2D eigenvalue weighted by Crippen LogP contribution is -2.01. The third-order valence-electron chi connectivity index (χ3n) is 2.06. The normalized spacial score (nSPS) is 11.9. The fraction of sp³-hybridized carbons (Fsp3) is 0.182. The maximum atomic E-state index is 8.73. The van der Waals surface area contributed by atoms with Crippen LogP contribution in [0.2, 0.25) is 0 Å². The van der Waals surface area contributed by atoms with Crippen LogP contribution in [0.1, 0.15) is 18.1 Å². The topological polar surface area (TPSA) is 49.8 Å². The third kappa shape index (κ3) is 2.15. The molecular weight excluding hydrogens is 240 g/mol. The molecule has 0 spiro atoms. The zero-order chi connectivity index (χ0) is 10.7. The van der Waals surface area contributed by atoms with E-state index in [1.165, 1.54) is 0 Å². The van der Waals surface area contributed by atoms with Gasteiger partial charge in [0.1, 0.15) is 0 Å². The summed E-state index contributed by atoms with van der Waals surface area (Å²) in [5, 5.41) is 8.73. The second-order valence-electron chi connectivity index (χ2n) is 3.11. The van der Waals surface area contributed by atoms with E-state index >= 15 is 0 Å². The number of hydrogen-bond donors (Lipinski definition) is 1. The van der Waals surface area contributed by atoms with E-state index < -0.39 is 0 Å². The maximum Gasteiger partial charge on any atom is 0.0965 e. The van der Waals surface area contributed by atoms with Crippen LogP contribution in [-0.2, 0) is 0 Å². The van der Waals surface area contributed by atoms with E-state index in [4.69, 9.17) is 11.0 Å². The highest BCUT2D eigenvalue weighted by Gasteiger charge is 2.05. The minimum absolute atomic E-state index is 0.547. The van der Waals surface area contributed by atoms with Crippen LogP contribution in [0.5, 0.6) is 0 Å². The first kappa shape index (κ1) is 10.8.